The molecule has 1 atom stereocenters. The van der Waals surface area contributed by atoms with Gasteiger partial charge in [0.15, 0.2) is 0 Å². The van der Waals surface area contributed by atoms with Gasteiger partial charge in [0.25, 0.3) is 0 Å². The molecule has 0 saturated heterocycles. The summed E-state index contributed by atoms with van der Waals surface area (Å²) in [6.45, 7) is 4.49. The lowest BCUT2D eigenvalue weighted by atomic mass is 10.0. The van der Waals surface area contributed by atoms with Crippen LogP contribution in [-0.4, -0.2) is 23.1 Å². The van der Waals surface area contributed by atoms with E-state index in [1.807, 2.05) is 0 Å². The maximum atomic E-state index is 12.6. The Labute approximate surface area is 272 Å². The Kier molecular flexibility index (Phi) is 33.7. The fraction of sp³-hybridized carbons (Fsp3) is 0.750. The predicted molar refractivity (Wildman–Crippen MR) is 190 cm³/mol. The van der Waals surface area contributed by atoms with Crippen LogP contribution in [0.3, 0.4) is 0 Å². The number of hydrogen-bond acceptors (Lipinski definition) is 3. The van der Waals surface area contributed by atoms with E-state index in [4.69, 9.17) is 9.84 Å². The molecule has 254 valence electrons. The van der Waals surface area contributed by atoms with Gasteiger partial charge in [-0.25, -0.2) is 0 Å². The zero-order valence-electron chi connectivity index (χ0n) is 29.0. The normalized spacial score (nSPS) is 12.8. The molecular formula is C40H70O4. The minimum atomic E-state index is -0.706. The number of carbonyl (C=O) groups is 2. The summed E-state index contributed by atoms with van der Waals surface area (Å²) in [5, 5.41) is 8.78. The van der Waals surface area contributed by atoms with E-state index in [-0.39, 0.29) is 18.5 Å². The van der Waals surface area contributed by atoms with Crippen molar-refractivity contribution in [3.8, 4) is 0 Å². The van der Waals surface area contributed by atoms with Gasteiger partial charge in [-0.3, -0.25) is 9.59 Å². The molecule has 0 amide bonds. The quantitative estimate of drug-likeness (QED) is 0.0454. The van der Waals surface area contributed by atoms with Gasteiger partial charge >= 0.3 is 11.9 Å². The number of carboxylic acid groups (broad SMARTS) is 1. The first-order chi connectivity index (χ1) is 21.6. The van der Waals surface area contributed by atoms with Gasteiger partial charge in [0.1, 0.15) is 6.10 Å². The van der Waals surface area contributed by atoms with E-state index < -0.39 is 5.97 Å². The second kappa shape index (κ2) is 35.4. The lowest BCUT2D eigenvalue weighted by Crippen LogP contribution is -2.18. The van der Waals surface area contributed by atoms with Crippen molar-refractivity contribution >= 4 is 11.9 Å². The Morgan fingerprint density at radius 3 is 1.41 bits per heavy atom. The molecule has 1 N–H and O–H groups in total. The summed E-state index contributed by atoms with van der Waals surface area (Å²) < 4.78 is 5.95. The van der Waals surface area contributed by atoms with Crippen LogP contribution in [0, 0.1) is 0 Å². The number of carbonyl (C=O) groups excluding carboxylic acids is 1. The van der Waals surface area contributed by atoms with Gasteiger partial charge in [0.2, 0.25) is 0 Å². The molecule has 0 bridgehead atoms. The number of hydrogen-bond donors (Lipinski definition) is 1. The highest BCUT2D eigenvalue weighted by Crippen LogP contribution is 2.18. The first-order valence-electron chi connectivity index (χ1n) is 18.6. The van der Waals surface area contributed by atoms with Gasteiger partial charge in [-0.15, -0.1) is 0 Å². The van der Waals surface area contributed by atoms with Crippen LogP contribution in [0.25, 0.3) is 0 Å². The molecule has 0 aromatic carbocycles. The highest BCUT2D eigenvalue weighted by molar-refractivity contribution is 5.69. The standard InChI is InChI=1S/C40H70O4/c1-3-5-7-9-11-12-13-14-15-16-17-18-19-20-21-22-24-29-33-37-40(43)44-38(34-30-26-23-10-8-6-4-2)35-31-27-25-28-32-36-39(41)42/h11-12,14-15,17-18,20-21,38H,3-10,13,16,19,22-37H2,1-2H3,(H,41,42)/b12-11-,15-14-,18-17-,21-20-. The van der Waals surface area contributed by atoms with Crippen LogP contribution in [0.15, 0.2) is 48.6 Å². The van der Waals surface area contributed by atoms with Crippen molar-refractivity contribution in [2.75, 3.05) is 0 Å². The van der Waals surface area contributed by atoms with E-state index >= 15 is 0 Å². The number of esters is 1. The molecule has 0 aromatic heterocycles. The van der Waals surface area contributed by atoms with E-state index in [2.05, 4.69) is 62.5 Å². The topological polar surface area (TPSA) is 63.6 Å². The molecule has 0 spiro atoms. The maximum Gasteiger partial charge on any atom is 0.306 e. The monoisotopic (exact) mass is 615 g/mol. The summed E-state index contributed by atoms with van der Waals surface area (Å²) in [4.78, 5) is 23.2. The molecule has 1 unspecified atom stereocenters. The van der Waals surface area contributed by atoms with Crippen LogP contribution < -0.4 is 0 Å². The Morgan fingerprint density at radius 2 is 0.886 bits per heavy atom. The number of ether oxygens (including phenoxy) is 1. The highest BCUT2D eigenvalue weighted by Gasteiger charge is 2.14. The van der Waals surface area contributed by atoms with Gasteiger partial charge in [0, 0.05) is 12.8 Å². The van der Waals surface area contributed by atoms with E-state index in [0.29, 0.717) is 6.42 Å². The zero-order chi connectivity index (χ0) is 32.2. The average molecular weight is 615 g/mol. The summed E-state index contributed by atoms with van der Waals surface area (Å²) >= 11 is 0. The summed E-state index contributed by atoms with van der Waals surface area (Å²) in [6.07, 6.45) is 46.9. The third kappa shape index (κ3) is 34.4. The molecule has 0 aliphatic heterocycles. The van der Waals surface area contributed by atoms with Crippen LogP contribution >= 0.6 is 0 Å². The van der Waals surface area contributed by atoms with Crippen molar-refractivity contribution in [1.29, 1.82) is 0 Å². The van der Waals surface area contributed by atoms with Gasteiger partial charge in [-0.2, -0.15) is 0 Å². The maximum absolute atomic E-state index is 12.6. The number of aliphatic carboxylic acids is 1. The average Bonchev–Trinajstić information content (AvgIpc) is 3.00. The van der Waals surface area contributed by atoms with E-state index in [1.165, 1.54) is 64.2 Å². The van der Waals surface area contributed by atoms with Crippen molar-refractivity contribution in [2.24, 2.45) is 0 Å². The third-order valence-corrected chi connectivity index (χ3v) is 8.05. The predicted octanol–water partition coefficient (Wildman–Crippen LogP) is 12.8. The highest BCUT2D eigenvalue weighted by atomic mass is 16.5. The number of unbranched alkanes of at least 4 members (excludes halogenated alkanes) is 16. The number of allylic oxidation sites excluding steroid dienone is 8. The van der Waals surface area contributed by atoms with Crippen LogP contribution in [0.4, 0.5) is 0 Å². The van der Waals surface area contributed by atoms with Gasteiger partial charge in [0.05, 0.1) is 0 Å². The van der Waals surface area contributed by atoms with Crippen molar-refractivity contribution in [1.82, 2.24) is 0 Å². The zero-order valence-corrected chi connectivity index (χ0v) is 29.0. The smallest absolute Gasteiger partial charge is 0.306 e. The molecule has 0 rings (SSSR count). The summed E-state index contributed by atoms with van der Waals surface area (Å²) in [6, 6.07) is 0. The van der Waals surface area contributed by atoms with Gasteiger partial charge < -0.3 is 9.84 Å². The van der Waals surface area contributed by atoms with Crippen molar-refractivity contribution in [2.45, 2.75) is 193 Å². The molecule has 0 aromatic rings. The van der Waals surface area contributed by atoms with E-state index in [1.54, 1.807) is 0 Å². The molecular weight excluding hydrogens is 544 g/mol. The SMILES string of the molecule is CCCCC/C=C\C/C=C\C/C=C\C/C=C\CCCCCC(=O)OC(CCCCCCCCC)CCCCCCCC(=O)O. The fourth-order valence-corrected chi connectivity index (χ4v) is 5.28. The van der Waals surface area contributed by atoms with Crippen LogP contribution in [-0.2, 0) is 14.3 Å². The molecule has 0 saturated carbocycles. The van der Waals surface area contributed by atoms with Crippen molar-refractivity contribution < 1.29 is 19.4 Å². The minimum absolute atomic E-state index is 0.0304. The first-order valence-corrected chi connectivity index (χ1v) is 18.6. The lowest BCUT2D eigenvalue weighted by molar-refractivity contribution is -0.150. The van der Waals surface area contributed by atoms with Gasteiger partial charge in [-0.1, -0.05) is 140 Å². The third-order valence-electron chi connectivity index (χ3n) is 8.05. The summed E-state index contributed by atoms with van der Waals surface area (Å²) in [5.41, 5.74) is 0. The fourth-order valence-electron chi connectivity index (χ4n) is 5.28. The van der Waals surface area contributed by atoms with Crippen LogP contribution in [0.1, 0.15) is 187 Å². The Balaban J connectivity index is 4.01. The molecule has 44 heavy (non-hydrogen) atoms. The summed E-state index contributed by atoms with van der Waals surface area (Å²) in [7, 11) is 0. The molecule has 4 nitrogen and oxygen atoms in total. The van der Waals surface area contributed by atoms with Crippen molar-refractivity contribution in [3.63, 3.8) is 0 Å². The minimum Gasteiger partial charge on any atom is -0.481 e. The molecule has 0 aliphatic carbocycles. The van der Waals surface area contributed by atoms with E-state index in [0.717, 1.165) is 96.3 Å². The Hall–Kier alpha value is -2.10. The van der Waals surface area contributed by atoms with Crippen LogP contribution in [0.5, 0.6) is 0 Å². The first kappa shape index (κ1) is 41.9. The molecule has 4 heteroatoms. The summed E-state index contributed by atoms with van der Waals surface area (Å²) in [5.74, 6) is -0.737. The number of carboxylic acids is 1. The van der Waals surface area contributed by atoms with E-state index in [9.17, 15) is 9.59 Å². The second-order valence-corrected chi connectivity index (χ2v) is 12.4. The Bertz CT molecular complexity index is 748. The number of rotatable bonds is 33. The molecule has 0 heterocycles. The lowest BCUT2D eigenvalue weighted by Gasteiger charge is -2.18. The van der Waals surface area contributed by atoms with Crippen molar-refractivity contribution in [3.05, 3.63) is 48.6 Å². The molecule has 0 aliphatic rings. The molecule has 0 fully saturated rings. The molecule has 0 radical (unpaired) electrons. The Morgan fingerprint density at radius 1 is 0.500 bits per heavy atom. The largest absolute Gasteiger partial charge is 0.481 e. The van der Waals surface area contributed by atoms with Gasteiger partial charge in [-0.05, 0) is 83.5 Å². The van der Waals surface area contributed by atoms with Crippen LogP contribution in [0.2, 0.25) is 0 Å². The second-order valence-electron chi connectivity index (χ2n) is 12.4.